The summed E-state index contributed by atoms with van der Waals surface area (Å²) in [5, 5.41) is 7.28. The molecule has 5 nitrogen and oxygen atoms in total. The number of benzene rings is 1. The van der Waals surface area contributed by atoms with Gasteiger partial charge in [0, 0.05) is 24.7 Å². The molecule has 1 amide bonds. The van der Waals surface area contributed by atoms with Gasteiger partial charge >= 0.3 is 0 Å². The normalized spacial score (nSPS) is 10.5. The molecule has 3 rings (SSSR count). The van der Waals surface area contributed by atoms with E-state index in [2.05, 4.69) is 20.6 Å². The summed E-state index contributed by atoms with van der Waals surface area (Å²) >= 11 is 5.89. The van der Waals surface area contributed by atoms with Crippen molar-refractivity contribution in [2.75, 3.05) is 18.4 Å². The zero-order valence-corrected chi connectivity index (χ0v) is 13.0. The summed E-state index contributed by atoms with van der Waals surface area (Å²) in [4.78, 5) is 20.4. The summed E-state index contributed by atoms with van der Waals surface area (Å²) in [6, 6.07) is 15.2. The van der Waals surface area contributed by atoms with E-state index in [1.807, 2.05) is 36.4 Å². The number of halogens is 1. The Balaban J connectivity index is 1.53. The molecule has 0 bridgehead atoms. The minimum atomic E-state index is -0.239. The molecule has 0 aliphatic rings. The number of carbonyl (C=O) groups excluding carboxylic acids is 1. The highest BCUT2D eigenvalue weighted by Crippen LogP contribution is 2.14. The average molecular weight is 327 g/mol. The molecule has 0 fully saturated rings. The van der Waals surface area contributed by atoms with E-state index in [-0.39, 0.29) is 11.1 Å². The number of hydrogen-bond donors (Lipinski definition) is 2. The molecule has 116 valence electrons. The van der Waals surface area contributed by atoms with Crippen molar-refractivity contribution in [3.05, 3.63) is 65.4 Å². The molecule has 0 aliphatic carbocycles. The van der Waals surface area contributed by atoms with Crippen LogP contribution in [-0.4, -0.2) is 29.0 Å². The van der Waals surface area contributed by atoms with Crippen LogP contribution in [0.1, 0.15) is 10.4 Å². The van der Waals surface area contributed by atoms with Gasteiger partial charge in [-0.1, -0.05) is 29.8 Å². The Hall–Kier alpha value is -2.66. The van der Waals surface area contributed by atoms with Crippen molar-refractivity contribution in [1.82, 2.24) is 15.3 Å². The van der Waals surface area contributed by atoms with Gasteiger partial charge in [-0.15, -0.1) is 0 Å². The van der Waals surface area contributed by atoms with E-state index in [4.69, 9.17) is 11.6 Å². The summed E-state index contributed by atoms with van der Waals surface area (Å²) in [6.45, 7) is 1.02. The van der Waals surface area contributed by atoms with Crippen molar-refractivity contribution < 1.29 is 4.79 Å². The number of amides is 1. The maximum atomic E-state index is 12.0. The van der Waals surface area contributed by atoms with Gasteiger partial charge in [0.05, 0.1) is 11.1 Å². The molecule has 3 aromatic rings. The van der Waals surface area contributed by atoms with Crippen LogP contribution in [0.25, 0.3) is 10.9 Å². The number of carbonyl (C=O) groups is 1. The van der Waals surface area contributed by atoms with Gasteiger partial charge in [-0.05, 0) is 30.3 Å². The topological polar surface area (TPSA) is 66.9 Å². The molecule has 0 atom stereocenters. The predicted octanol–water partition coefficient (Wildman–Crippen LogP) is 3.13. The minimum absolute atomic E-state index is 0.203. The van der Waals surface area contributed by atoms with Crippen molar-refractivity contribution in [1.29, 1.82) is 0 Å². The van der Waals surface area contributed by atoms with Gasteiger partial charge in [-0.3, -0.25) is 4.79 Å². The third kappa shape index (κ3) is 3.76. The van der Waals surface area contributed by atoms with Crippen molar-refractivity contribution in [3.63, 3.8) is 0 Å². The van der Waals surface area contributed by atoms with Crippen LogP contribution in [0, 0.1) is 0 Å². The van der Waals surface area contributed by atoms with Crippen LogP contribution in [0.2, 0.25) is 5.15 Å². The number of fused-ring (bicyclic) bond motifs is 1. The lowest BCUT2D eigenvalue weighted by molar-refractivity contribution is 0.0955. The maximum absolute atomic E-state index is 12.0. The van der Waals surface area contributed by atoms with Crippen LogP contribution in [-0.2, 0) is 0 Å². The number of hydrogen-bond acceptors (Lipinski definition) is 4. The van der Waals surface area contributed by atoms with E-state index >= 15 is 0 Å². The monoisotopic (exact) mass is 326 g/mol. The minimum Gasteiger partial charge on any atom is -0.368 e. The lowest BCUT2D eigenvalue weighted by Gasteiger charge is -2.08. The number of aromatic nitrogens is 2. The predicted molar refractivity (Wildman–Crippen MR) is 91.8 cm³/mol. The molecule has 0 saturated carbocycles. The molecule has 2 aromatic heterocycles. The highest BCUT2D eigenvalue weighted by atomic mass is 35.5. The van der Waals surface area contributed by atoms with Gasteiger partial charge in [-0.25, -0.2) is 9.97 Å². The van der Waals surface area contributed by atoms with Gasteiger partial charge in [0.15, 0.2) is 0 Å². The highest BCUT2D eigenvalue weighted by molar-refractivity contribution is 6.32. The first-order valence-corrected chi connectivity index (χ1v) is 7.60. The summed E-state index contributed by atoms with van der Waals surface area (Å²) in [5.41, 5.74) is 1.31. The fourth-order valence-electron chi connectivity index (χ4n) is 2.18. The Labute approximate surface area is 138 Å². The number of anilines is 1. The second-order valence-electron chi connectivity index (χ2n) is 4.91. The molecule has 0 spiro atoms. The van der Waals surface area contributed by atoms with E-state index in [9.17, 15) is 4.79 Å². The van der Waals surface area contributed by atoms with Gasteiger partial charge in [-0.2, -0.15) is 0 Å². The number of rotatable bonds is 5. The number of nitrogens with zero attached hydrogens (tertiary/aromatic N) is 2. The zero-order valence-electron chi connectivity index (χ0n) is 12.3. The molecular formula is C17H15ClN4O. The van der Waals surface area contributed by atoms with E-state index in [0.29, 0.717) is 18.7 Å². The molecule has 1 aromatic carbocycles. The Morgan fingerprint density at radius 2 is 1.91 bits per heavy atom. The molecule has 2 heterocycles. The first kappa shape index (κ1) is 15.2. The van der Waals surface area contributed by atoms with Crippen LogP contribution in [0.5, 0.6) is 0 Å². The second-order valence-corrected chi connectivity index (χ2v) is 5.27. The zero-order chi connectivity index (χ0) is 16.1. The molecule has 6 heteroatoms. The Bertz CT molecular complexity index is 837. The van der Waals surface area contributed by atoms with Crippen LogP contribution < -0.4 is 10.6 Å². The summed E-state index contributed by atoms with van der Waals surface area (Å²) < 4.78 is 0. The fraction of sp³-hybridized carbons (Fsp3) is 0.118. The third-order valence-corrected chi connectivity index (χ3v) is 3.62. The summed E-state index contributed by atoms with van der Waals surface area (Å²) in [6.07, 6.45) is 1.55. The third-order valence-electron chi connectivity index (χ3n) is 3.32. The van der Waals surface area contributed by atoms with Crippen molar-refractivity contribution >= 4 is 34.2 Å². The Kier molecular flexibility index (Phi) is 4.68. The molecule has 23 heavy (non-hydrogen) atoms. The quantitative estimate of drug-likeness (QED) is 0.558. The van der Waals surface area contributed by atoms with Gasteiger partial charge in [0.2, 0.25) is 0 Å². The lowest BCUT2D eigenvalue weighted by Crippen LogP contribution is -2.29. The molecule has 0 unspecified atom stereocenters. The van der Waals surface area contributed by atoms with E-state index in [1.165, 1.54) is 0 Å². The standard InChI is InChI=1S/C17H15ClN4O/c18-16-13(5-3-9-20-16)17(23)21-11-10-19-15-8-7-12-4-1-2-6-14(12)22-15/h1-9H,10-11H2,(H,19,22)(H,21,23). The van der Waals surface area contributed by atoms with Crippen LogP contribution in [0.4, 0.5) is 5.82 Å². The summed E-state index contributed by atoms with van der Waals surface area (Å²) in [7, 11) is 0. The van der Waals surface area contributed by atoms with Crippen molar-refractivity contribution in [2.45, 2.75) is 0 Å². The second kappa shape index (κ2) is 7.07. The van der Waals surface area contributed by atoms with Crippen LogP contribution in [0.3, 0.4) is 0 Å². The smallest absolute Gasteiger partial charge is 0.254 e. The number of para-hydroxylation sites is 1. The molecule has 0 radical (unpaired) electrons. The van der Waals surface area contributed by atoms with Crippen LogP contribution >= 0.6 is 11.6 Å². The lowest BCUT2D eigenvalue weighted by atomic mass is 10.2. The largest absolute Gasteiger partial charge is 0.368 e. The molecule has 0 saturated heterocycles. The van der Waals surface area contributed by atoms with Gasteiger partial charge < -0.3 is 10.6 Å². The molecule has 0 aliphatic heterocycles. The van der Waals surface area contributed by atoms with Crippen LogP contribution in [0.15, 0.2) is 54.7 Å². The number of nitrogens with one attached hydrogen (secondary N) is 2. The highest BCUT2D eigenvalue weighted by Gasteiger charge is 2.09. The molecular weight excluding hydrogens is 312 g/mol. The first-order chi connectivity index (χ1) is 11.2. The Morgan fingerprint density at radius 1 is 1.04 bits per heavy atom. The van der Waals surface area contributed by atoms with E-state index in [0.717, 1.165) is 16.7 Å². The Morgan fingerprint density at radius 3 is 2.78 bits per heavy atom. The number of pyridine rings is 2. The molecule has 2 N–H and O–H groups in total. The average Bonchev–Trinajstić information content (AvgIpc) is 2.59. The SMILES string of the molecule is O=C(NCCNc1ccc2ccccc2n1)c1cccnc1Cl. The first-order valence-electron chi connectivity index (χ1n) is 7.22. The van der Waals surface area contributed by atoms with Crippen molar-refractivity contribution in [3.8, 4) is 0 Å². The maximum Gasteiger partial charge on any atom is 0.254 e. The summed E-state index contributed by atoms with van der Waals surface area (Å²) in [5.74, 6) is 0.536. The fourth-order valence-corrected chi connectivity index (χ4v) is 2.39. The van der Waals surface area contributed by atoms with E-state index < -0.39 is 0 Å². The van der Waals surface area contributed by atoms with Gasteiger partial charge in [0.25, 0.3) is 5.91 Å². The van der Waals surface area contributed by atoms with Gasteiger partial charge in [0.1, 0.15) is 11.0 Å². The van der Waals surface area contributed by atoms with E-state index in [1.54, 1.807) is 18.3 Å². The van der Waals surface area contributed by atoms with Crippen molar-refractivity contribution in [2.24, 2.45) is 0 Å².